The molecule has 0 N–H and O–H groups in total. The van der Waals surface area contributed by atoms with Gasteiger partial charge in [0.15, 0.2) is 0 Å². The van der Waals surface area contributed by atoms with Crippen LogP contribution in [-0.2, 0) is 0 Å². The van der Waals surface area contributed by atoms with Gasteiger partial charge in [0.1, 0.15) is 5.75 Å². The van der Waals surface area contributed by atoms with E-state index in [0.717, 1.165) is 21.9 Å². The van der Waals surface area contributed by atoms with Crippen molar-refractivity contribution < 1.29 is 4.74 Å². The van der Waals surface area contributed by atoms with E-state index >= 15 is 0 Å². The number of benzene rings is 1. The standard InChI is InChI=1S/C9H11ClO/c1-6-4-7(2)9(11-3)5-8(6)10/h4-5H,1-3H3. The average Bonchev–Trinajstić information content (AvgIpc) is 1.97. The molecule has 2 heteroatoms. The topological polar surface area (TPSA) is 9.23 Å². The van der Waals surface area contributed by atoms with Crippen LogP contribution in [0.5, 0.6) is 5.75 Å². The molecule has 60 valence electrons. The van der Waals surface area contributed by atoms with Gasteiger partial charge in [-0.25, -0.2) is 0 Å². The first-order chi connectivity index (χ1) is 5.15. The Bertz CT molecular complexity index is 269. The van der Waals surface area contributed by atoms with Gasteiger partial charge in [0.05, 0.1) is 7.11 Å². The second-order valence-corrected chi connectivity index (χ2v) is 2.98. The third-order valence-corrected chi connectivity index (χ3v) is 2.08. The van der Waals surface area contributed by atoms with E-state index in [1.807, 2.05) is 26.0 Å². The highest BCUT2D eigenvalue weighted by Crippen LogP contribution is 2.25. The van der Waals surface area contributed by atoms with E-state index in [0.29, 0.717) is 0 Å². The molecule has 1 rings (SSSR count). The Kier molecular flexibility index (Phi) is 2.40. The van der Waals surface area contributed by atoms with Crippen LogP contribution in [0.15, 0.2) is 12.1 Å². The van der Waals surface area contributed by atoms with Crippen LogP contribution in [0.2, 0.25) is 5.02 Å². The minimum atomic E-state index is 0.757. The molecule has 0 aromatic heterocycles. The molecule has 0 heterocycles. The third-order valence-electron chi connectivity index (χ3n) is 1.68. The first kappa shape index (κ1) is 8.41. The van der Waals surface area contributed by atoms with Crippen molar-refractivity contribution in [2.75, 3.05) is 7.11 Å². The summed E-state index contributed by atoms with van der Waals surface area (Å²) in [7, 11) is 1.65. The van der Waals surface area contributed by atoms with Crippen LogP contribution in [0.3, 0.4) is 0 Å². The molecule has 0 radical (unpaired) electrons. The van der Waals surface area contributed by atoms with E-state index in [9.17, 15) is 0 Å². The van der Waals surface area contributed by atoms with Crippen molar-refractivity contribution in [1.82, 2.24) is 0 Å². The molecular weight excluding hydrogens is 160 g/mol. The molecule has 0 amide bonds. The summed E-state index contributed by atoms with van der Waals surface area (Å²) in [5.74, 6) is 0.848. The monoisotopic (exact) mass is 170 g/mol. The fourth-order valence-corrected chi connectivity index (χ4v) is 1.18. The summed E-state index contributed by atoms with van der Waals surface area (Å²) in [6.45, 7) is 3.98. The van der Waals surface area contributed by atoms with Crippen molar-refractivity contribution in [1.29, 1.82) is 0 Å². The molecule has 0 aliphatic heterocycles. The summed E-state index contributed by atoms with van der Waals surface area (Å²) in [5.41, 5.74) is 2.21. The fourth-order valence-electron chi connectivity index (χ4n) is 1.03. The van der Waals surface area contributed by atoms with Gasteiger partial charge in [-0.2, -0.15) is 0 Å². The van der Waals surface area contributed by atoms with Gasteiger partial charge < -0.3 is 4.74 Å². The van der Waals surface area contributed by atoms with Crippen LogP contribution >= 0.6 is 11.6 Å². The van der Waals surface area contributed by atoms with Gasteiger partial charge in [0, 0.05) is 5.02 Å². The lowest BCUT2D eigenvalue weighted by molar-refractivity contribution is 0.411. The molecule has 0 aliphatic carbocycles. The lowest BCUT2D eigenvalue weighted by Gasteiger charge is -2.06. The smallest absolute Gasteiger partial charge is 0.123 e. The predicted molar refractivity (Wildman–Crippen MR) is 47.5 cm³/mol. The zero-order chi connectivity index (χ0) is 8.43. The van der Waals surface area contributed by atoms with Gasteiger partial charge in [0.25, 0.3) is 0 Å². The summed E-state index contributed by atoms with van der Waals surface area (Å²) in [6, 6.07) is 3.85. The molecule has 0 saturated carbocycles. The van der Waals surface area contributed by atoms with Gasteiger partial charge in [-0.15, -0.1) is 0 Å². The Labute approximate surface area is 71.9 Å². The van der Waals surface area contributed by atoms with Gasteiger partial charge in [0.2, 0.25) is 0 Å². The second kappa shape index (κ2) is 3.14. The zero-order valence-electron chi connectivity index (χ0n) is 6.94. The van der Waals surface area contributed by atoms with Crippen LogP contribution in [0.4, 0.5) is 0 Å². The van der Waals surface area contributed by atoms with Crippen molar-refractivity contribution >= 4 is 11.6 Å². The van der Waals surface area contributed by atoms with E-state index in [2.05, 4.69) is 0 Å². The van der Waals surface area contributed by atoms with Gasteiger partial charge in [-0.1, -0.05) is 17.7 Å². The van der Waals surface area contributed by atoms with Crippen LogP contribution in [0, 0.1) is 13.8 Å². The summed E-state index contributed by atoms with van der Waals surface area (Å²) >= 11 is 5.88. The molecule has 11 heavy (non-hydrogen) atoms. The maximum atomic E-state index is 5.88. The molecule has 0 fully saturated rings. The molecule has 1 nitrogen and oxygen atoms in total. The molecule has 0 aliphatic rings. The van der Waals surface area contributed by atoms with Crippen LogP contribution in [0.25, 0.3) is 0 Å². The lowest BCUT2D eigenvalue weighted by atomic mass is 10.1. The van der Waals surface area contributed by atoms with E-state index in [-0.39, 0.29) is 0 Å². The Morgan fingerprint density at radius 3 is 2.36 bits per heavy atom. The average molecular weight is 171 g/mol. The highest BCUT2D eigenvalue weighted by molar-refractivity contribution is 6.31. The number of methoxy groups -OCH3 is 1. The van der Waals surface area contributed by atoms with Crippen molar-refractivity contribution in [2.45, 2.75) is 13.8 Å². The maximum Gasteiger partial charge on any atom is 0.123 e. The molecular formula is C9H11ClO. The Hall–Kier alpha value is -0.690. The summed E-state index contributed by atoms with van der Waals surface area (Å²) in [6.07, 6.45) is 0. The van der Waals surface area contributed by atoms with Crippen LogP contribution < -0.4 is 4.74 Å². The van der Waals surface area contributed by atoms with Gasteiger partial charge >= 0.3 is 0 Å². The summed E-state index contributed by atoms with van der Waals surface area (Å²) in [4.78, 5) is 0. The number of hydrogen-bond acceptors (Lipinski definition) is 1. The number of aryl methyl sites for hydroxylation is 2. The minimum absolute atomic E-state index is 0.757. The highest BCUT2D eigenvalue weighted by Gasteiger charge is 2.01. The number of hydrogen-bond donors (Lipinski definition) is 0. The van der Waals surface area contributed by atoms with Gasteiger partial charge in [-0.3, -0.25) is 0 Å². The van der Waals surface area contributed by atoms with E-state index in [1.54, 1.807) is 7.11 Å². The third kappa shape index (κ3) is 1.66. The molecule has 1 aromatic rings. The Morgan fingerprint density at radius 1 is 1.18 bits per heavy atom. The zero-order valence-corrected chi connectivity index (χ0v) is 7.70. The van der Waals surface area contributed by atoms with Crippen LogP contribution in [-0.4, -0.2) is 7.11 Å². The number of ether oxygens (including phenoxy) is 1. The molecule has 0 saturated heterocycles. The minimum Gasteiger partial charge on any atom is -0.496 e. The number of halogens is 1. The Morgan fingerprint density at radius 2 is 1.82 bits per heavy atom. The first-order valence-electron chi connectivity index (χ1n) is 3.46. The first-order valence-corrected chi connectivity index (χ1v) is 3.83. The molecule has 1 aromatic carbocycles. The lowest BCUT2D eigenvalue weighted by Crippen LogP contribution is -1.88. The molecule has 0 bridgehead atoms. The van der Waals surface area contributed by atoms with Crippen molar-refractivity contribution in [2.24, 2.45) is 0 Å². The van der Waals surface area contributed by atoms with Crippen molar-refractivity contribution in [3.05, 3.63) is 28.3 Å². The second-order valence-electron chi connectivity index (χ2n) is 2.57. The SMILES string of the molecule is COc1cc(Cl)c(C)cc1C. The summed E-state index contributed by atoms with van der Waals surface area (Å²) in [5, 5.41) is 0.757. The molecule has 0 atom stereocenters. The maximum absolute atomic E-state index is 5.88. The van der Waals surface area contributed by atoms with Crippen molar-refractivity contribution in [3.63, 3.8) is 0 Å². The van der Waals surface area contributed by atoms with E-state index in [4.69, 9.17) is 16.3 Å². The molecule has 0 unspecified atom stereocenters. The van der Waals surface area contributed by atoms with E-state index < -0.39 is 0 Å². The Balaban J connectivity index is 3.21. The quantitative estimate of drug-likeness (QED) is 0.630. The number of rotatable bonds is 1. The largest absolute Gasteiger partial charge is 0.496 e. The van der Waals surface area contributed by atoms with E-state index in [1.165, 1.54) is 0 Å². The molecule has 0 spiro atoms. The van der Waals surface area contributed by atoms with Gasteiger partial charge in [-0.05, 0) is 31.0 Å². The predicted octanol–water partition coefficient (Wildman–Crippen LogP) is 2.97. The van der Waals surface area contributed by atoms with Crippen molar-refractivity contribution in [3.8, 4) is 5.75 Å². The summed E-state index contributed by atoms with van der Waals surface area (Å²) < 4.78 is 5.10. The highest BCUT2D eigenvalue weighted by atomic mass is 35.5. The fraction of sp³-hybridized carbons (Fsp3) is 0.333. The van der Waals surface area contributed by atoms with Crippen LogP contribution in [0.1, 0.15) is 11.1 Å². The normalized spacial score (nSPS) is 9.82.